The van der Waals surface area contributed by atoms with E-state index < -0.39 is 12.1 Å². The summed E-state index contributed by atoms with van der Waals surface area (Å²) < 4.78 is 20.4. The van der Waals surface area contributed by atoms with Crippen molar-refractivity contribution in [2.45, 2.75) is 13.0 Å². The van der Waals surface area contributed by atoms with Crippen molar-refractivity contribution in [3.63, 3.8) is 0 Å². The molecule has 0 unspecified atom stereocenters. The van der Waals surface area contributed by atoms with Crippen LogP contribution >= 0.6 is 11.3 Å². The van der Waals surface area contributed by atoms with Crippen molar-refractivity contribution in [1.29, 1.82) is 0 Å². The summed E-state index contributed by atoms with van der Waals surface area (Å²) in [5, 5.41) is 6.55. The number of hydrogen-bond acceptors (Lipinski definition) is 4. The number of hydrogen-bond donors (Lipinski definition) is 0. The highest BCUT2D eigenvalue weighted by atomic mass is 32.1. The van der Waals surface area contributed by atoms with Crippen molar-refractivity contribution in [1.82, 2.24) is 9.78 Å². The van der Waals surface area contributed by atoms with E-state index in [2.05, 4.69) is 5.10 Å². The van der Waals surface area contributed by atoms with E-state index in [9.17, 15) is 9.18 Å². The van der Waals surface area contributed by atoms with Gasteiger partial charge < -0.3 is 4.74 Å². The van der Waals surface area contributed by atoms with Crippen LogP contribution in [0.5, 0.6) is 0 Å². The molecule has 140 valence electrons. The number of carbonyl (C=O) groups is 1. The molecule has 0 aliphatic carbocycles. The van der Waals surface area contributed by atoms with E-state index in [-0.39, 0.29) is 5.82 Å². The minimum atomic E-state index is -0.510. The van der Waals surface area contributed by atoms with Crippen molar-refractivity contribution in [3.05, 3.63) is 95.3 Å². The predicted octanol–water partition coefficient (Wildman–Crippen LogP) is 5.66. The molecule has 4 aromatic rings. The summed E-state index contributed by atoms with van der Waals surface area (Å²) in [6.07, 6.45) is 1.17. The summed E-state index contributed by atoms with van der Waals surface area (Å²) >= 11 is 1.51. The van der Waals surface area contributed by atoms with Crippen LogP contribution in [0.3, 0.4) is 0 Å². The molecule has 6 heteroatoms. The zero-order valence-electron chi connectivity index (χ0n) is 15.1. The Balaban J connectivity index is 1.66. The highest BCUT2D eigenvalue weighted by molar-refractivity contribution is 7.13. The quantitative estimate of drug-likeness (QED) is 0.412. The number of nitrogens with zero attached hydrogens (tertiary/aromatic N) is 2. The van der Waals surface area contributed by atoms with Gasteiger partial charge in [0.2, 0.25) is 0 Å². The first-order valence-electron chi connectivity index (χ1n) is 8.77. The second-order valence-corrected chi connectivity index (χ2v) is 7.20. The van der Waals surface area contributed by atoms with Gasteiger partial charge in [-0.15, -0.1) is 11.3 Å². The zero-order valence-corrected chi connectivity index (χ0v) is 15.9. The van der Waals surface area contributed by atoms with E-state index in [0.717, 1.165) is 16.1 Å². The van der Waals surface area contributed by atoms with Gasteiger partial charge >= 0.3 is 5.97 Å². The molecule has 2 aromatic carbocycles. The first kappa shape index (κ1) is 18.1. The van der Waals surface area contributed by atoms with Crippen LogP contribution in [0, 0.1) is 5.82 Å². The van der Waals surface area contributed by atoms with Crippen molar-refractivity contribution in [2.24, 2.45) is 0 Å². The van der Waals surface area contributed by atoms with Gasteiger partial charge in [0.15, 0.2) is 0 Å². The van der Waals surface area contributed by atoms with Gasteiger partial charge in [0.05, 0.1) is 10.6 Å². The number of halogens is 1. The number of para-hydroxylation sites is 1. The van der Waals surface area contributed by atoms with Crippen LogP contribution in [0.4, 0.5) is 4.39 Å². The molecular weight excluding hydrogens is 375 g/mol. The topological polar surface area (TPSA) is 44.1 Å². The Morgan fingerprint density at radius 3 is 2.50 bits per heavy atom. The van der Waals surface area contributed by atoms with E-state index >= 15 is 0 Å². The summed E-state index contributed by atoms with van der Waals surface area (Å²) in [7, 11) is 0. The third-order valence-corrected chi connectivity index (χ3v) is 5.21. The van der Waals surface area contributed by atoms with Crippen LogP contribution in [0.25, 0.3) is 16.3 Å². The van der Waals surface area contributed by atoms with E-state index in [1.165, 1.54) is 23.5 Å². The van der Waals surface area contributed by atoms with Gasteiger partial charge in [-0.25, -0.2) is 13.9 Å². The summed E-state index contributed by atoms with van der Waals surface area (Å²) in [5.74, 6) is -0.797. The molecule has 0 aliphatic heterocycles. The Hall–Kier alpha value is -3.25. The monoisotopic (exact) mass is 392 g/mol. The van der Waals surface area contributed by atoms with Crippen molar-refractivity contribution >= 4 is 17.3 Å². The molecule has 0 spiro atoms. The Bertz CT molecular complexity index is 1070. The smallest absolute Gasteiger partial charge is 0.342 e. The molecule has 0 amide bonds. The second-order valence-electron chi connectivity index (χ2n) is 6.25. The van der Waals surface area contributed by atoms with Crippen LogP contribution in [0.2, 0.25) is 0 Å². The van der Waals surface area contributed by atoms with Crippen LogP contribution in [0.15, 0.2) is 78.3 Å². The molecule has 4 nitrogen and oxygen atoms in total. The fourth-order valence-electron chi connectivity index (χ4n) is 2.86. The van der Waals surface area contributed by atoms with Crippen LogP contribution in [-0.4, -0.2) is 15.7 Å². The summed E-state index contributed by atoms with van der Waals surface area (Å²) in [4.78, 5) is 13.8. The zero-order chi connectivity index (χ0) is 19.5. The molecule has 28 heavy (non-hydrogen) atoms. The largest absolute Gasteiger partial charge is 0.454 e. The van der Waals surface area contributed by atoms with Gasteiger partial charge in [0.25, 0.3) is 0 Å². The number of benzene rings is 2. The SMILES string of the molecule is C[C@@H](OC(=O)c1cn(-c2ccccc2)nc1-c1cccs1)c1ccc(F)cc1. The number of ether oxygens (including phenoxy) is 1. The molecule has 2 heterocycles. The average molecular weight is 392 g/mol. The number of carbonyl (C=O) groups excluding carboxylic acids is 1. The van der Waals surface area contributed by atoms with E-state index in [1.54, 1.807) is 29.9 Å². The number of aromatic nitrogens is 2. The number of thiophene rings is 1. The lowest BCUT2D eigenvalue weighted by Gasteiger charge is -2.13. The van der Waals surface area contributed by atoms with Crippen molar-refractivity contribution in [2.75, 3.05) is 0 Å². The maximum Gasteiger partial charge on any atom is 0.342 e. The first-order chi connectivity index (χ1) is 13.6. The maximum atomic E-state index is 13.1. The summed E-state index contributed by atoms with van der Waals surface area (Å²) in [6.45, 7) is 1.76. The van der Waals surface area contributed by atoms with Crippen molar-refractivity contribution in [3.8, 4) is 16.3 Å². The molecule has 0 saturated carbocycles. The lowest BCUT2D eigenvalue weighted by Crippen LogP contribution is -2.09. The highest BCUT2D eigenvalue weighted by Crippen LogP contribution is 2.29. The summed E-state index contributed by atoms with van der Waals surface area (Å²) in [5.41, 5.74) is 2.55. The second kappa shape index (κ2) is 7.78. The minimum Gasteiger partial charge on any atom is -0.454 e. The molecular formula is C22H17FN2O2S. The predicted molar refractivity (Wildman–Crippen MR) is 107 cm³/mol. The van der Waals surface area contributed by atoms with Crippen molar-refractivity contribution < 1.29 is 13.9 Å². The Kier molecular flexibility index (Phi) is 5.04. The van der Waals surface area contributed by atoms with Gasteiger partial charge in [-0.05, 0) is 48.2 Å². The van der Waals surface area contributed by atoms with Gasteiger partial charge in [-0.1, -0.05) is 36.4 Å². The highest BCUT2D eigenvalue weighted by Gasteiger charge is 2.22. The Morgan fingerprint density at radius 1 is 1.07 bits per heavy atom. The molecule has 2 aromatic heterocycles. The average Bonchev–Trinajstić information content (AvgIpc) is 3.39. The molecule has 0 aliphatic rings. The fraction of sp³-hybridized carbons (Fsp3) is 0.0909. The number of rotatable bonds is 5. The van der Waals surface area contributed by atoms with Gasteiger partial charge in [-0.3, -0.25) is 0 Å². The molecule has 0 N–H and O–H groups in total. The van der Waals surface area contributed by atoms with E-state index in [4.69, 9.17) is 4.74 Å². The molecule has 1 atom stereocenters. The lowest BCUT2D eigenvalue weighted by atomic mass is 10.1. The fourth-order valence-corrected chi connectivity index (χ4v) is 3.58. The van der Waals surface area contributed by atoms with Crippen LogP contribution in [-0.2, 0) is 4.74 Å². The van der Waals surface area contributed by atoms with E-state index in [1.807, 2.05) is 47.8 Å². The maximum absolute atomic E-state index is 13.1. The Morgan fingerprint density at radius 2 is 1.82 bits per heavy atom. The molecule has 0 saturated heterocycles. The molecule has 4 rings (SSSR count). The van der Waals surface area contributed by atoms with Crippen LogP contribution in [0.1, 0.15) is 28.9 Å². The van der Waals surface area contributed by atoms with Gasteiger partial charge in [0.1, 0.15) is 23.2 Å². The lowest BCUT2D eigenvalue weighted by molar-refractivity contribution is 0.0339. The van der Waals surface area contributed by atoms with E-state index in [0.29, 0.717) is 11.3 Å². The molecule has 0 fully saturated rings. The van der Waals surface area contributed by atoms with Gasteiger partial charge in [0, 0.05) is 6.20 Å². The standard InChI is InChI=1S/C22H17FN2O2S/c1-15(16-9-11-17(23)12-10-16)27-22(26)19-14-25(18-6-3-2-4-7-18)24-21(19)20-8-5-13-28-20/h2-15H,1H3/t15-/m1/s1. The first-order valence-corrected chi connectivity index (χ1v) is 9.65. The molecule has 0 radical (unpaired) electrons. The number of esters is 1. The van der Waals surface area contributed by atoms with Gasteiger partial charge in [-0.2, -0.15) is 5.10 Å². The van der Waals surface area contributed by atoms with Crippen LogP contribution < -0.4 is 0 Å². The molecule has 0 bridgehead atoms. The third kappa shape index (κ3) is 3.73. The third-order valence-electron chi connectivity index (χ3n) is 4.33. The summed E-state index contributed by atoms with van der Waals surface area (Å²) in [6, 6.07) is 19.3. The Labute approximate surface area is 165 Å². The minimum absolute atomic E-state index is 0.327. The normalized spacial score (nSPS) is 11.9.